The number of carbonyl (C=O) groups is 1. The number of rotatable bonds is 8. The summed E-state index contributed by atoms with van der Waals surface area (Å²) in [4.78, 5) is 14.8. The first kappa shape index (κ1) is 22.3. The molecule has 1 aliphatic heterocycles. The van der Waals surface area contributed by atoms with Crippen molar-refractivity contribution in [1.82, 2.24) is 10.2 Å². The maximum Gasteiger partial charge on any atom is 0.237 e. The van der Waals surface area contributed by atoms with Crippen LogP contribution in [0, 0.1) is 5.92 Å². The molecule has 3 N–H and O–H groups in total. The van der Waals surface area contributed by atoms with Crippen LogP contribution in [0.15, 0.2) is 30.3 Å². The molecule has 0 bridgehead atoms. The summed E-state index contributed by atoms with van der Waals surface area (Å²) >= 11 is 1.72. The number of benzene rings is 1. The molecule has 0 spiro atoms. The van der Waals surface area contributed by atoms with Crippen molar-refractivity contribution in [3.8, 4) is 0 Å². The van der Waals surface area contributed by atoms with E-state index in [9.17, 15) is 4.79 Å². The third-order valence-corrected chi connectivity index (χ3v) is 5.53. The van der Waals surface area contributed by atoms with Crippen molar-refractivity contribution in [2.24, 2.45) is 11.7 Å². The zero-order valence-electron chi connectivity index (χ0n) is 15.3. The summed E-state index contributed by atoms with van der Waals surface area (Å²) in [6.07, 6.45) is 5.21. The number of piperidine rings is 1. The molecule has 25 heavy (non-hydrogen) atoms. The molecule has 1 aromatic rings. The number of nitrogens with zero attached hydrogens (tertiary/aromatic N) is 1. The van der Waals surface area contributed by atoms with Crippen LogP contribution in [0.2, 0.25) is 0 Å². The molecule has 1 fully saturated rings. The molecule has 0 saturated carbocycles. The van der Waals surface area contributed by atoms with E-state index < -0.39 is 6.04 Å². The highest BCUT2D eigenvalue weighted by Crippen LogP contribution is 2.26. The predicted molar refractivity (Wildman–Crippen MR) is 110 cm³/mol. The standard InChI is InChI=1S/C19H31N3OS.ClH/c1-15-8-11-22(12-9-15)18(16-6-4-3-5-7-16)14-21-19(23)17(20)10-13-24-2;/h3-7,15,17-18H,8-14,20H2,1-2H3,(H,21,23);1H/t17-,18?;/m0./s1. The Hall–Kier alpha value is -0.750. The van der Waals surface area contributed by atoms with Gasteiger partial charge in [0.1, 0.15) is 0 Å². The zero-order chi connectivity index (χ0) is 17.4. The summed E-state index contributed by atoms with van der Waals surface area (Å²) in [6.45, 7) is 5.13. The van der Waals surface area contributed by atoms with Crippen LogP contribution in [0.1, 0.15) is 37.8 Å². The lowest BCUT2D eigenvalue weighted by atomic mass is 9.95. The van der Waals surface area contributed by atoms with E-state index in [1.165, 1.54) is 18.4 Å². The van der Waals surface area contributed by atoms with Gasteiger partial charge in [0.15, 0.2) is 0 Å². The number of halogens is 1. The van der Waals surface area contributed by atoms with E-state index in [0.29, 0.717) is 6.54 Å². The Bertz CT molecular complexity index is 495. The monoisotopic (exact) mass is 385 g/mol. The number of hydrogen-bond acceptors (Lipinski definition) is 4. The molecule has 2 rings (SSSR count). The highest BCUT2D eigenvalue weighted by Gasteiger charge is 2.25. The summed E-state index contributed by atoms with van der Waals surface area (Å²) in [5.41, 5.74) is 7.25. The second-order valence-corrected chi connectivity index (χ2v) is 7.76. The number of nitrogens with two attached hydrogens (primary N) is 1. The van der Waals surface area contributed by atoms with Gasteiger partial charge in [-0.2, -0.15) is 11.8 Å². The number of hydrogen-bond donors (Lipinski definition) is 2. The number of thioether (sulfide) groups is 1. The van der Waals surface area contributed by atoms with Gasteiger partial charge < -0.3 is 11.1 Å². The highest BCUT2D eigenvalue weighted by molar-refractivity contribution is 7.98. The zero-order valence-corrected chi connectivity index (χ0v) is 17.0. The van der Waals surface area contributed by atoms with Crippen LogP contribution < -0.4 is 11.1 Å². The number of likely N-dealkylation sites (tertiary alicyclic amines) is 1. The molecular weight excluding hydrogens is 354 g/mol. The van der Waals surface area contributed by atoms with Crippen molar-refractivity contribution < 1.29 is 4.79 Å². The minimum Gasteiger partial charge on any atom is -0.353 e. The van der Waals surface area contributed by atoms with Gasteiger partial charge in [0.05, 0.1) is 12.1 Å². The van der Waals surface area contributed by atoms with Crippen molar-refractivity contribution in [2.45, 2.75) is 38.3 Å². The normalized spacial score (nSPS) is 18.2. The van der Waals surface area contributed by atoms with Crippen molar-refractivity contribution in [3.63, 3.8) is 0 Å². The average Bonchev–Trinajstić information content (AvgIpc) is 2.62. The molecule has 1 heterocycles. The van der Waals surface area contributed by atoms with Crippen LogP contribution in [-0.4, -0.2) is 48.5 Å². The largest absolute Gasteiger partial charge is 0.353 e. The molecule has 2 atom stereocenters. The van der Waals surface area contributed by atoms with Crippen LogP contribution >= 0.6 is 24.2 Å². The Balaban J connectivity index is 0.00000312. The van der Waals surface area contributed by atoms with Crippen molar-refractivity contribution >= 4 is 30.1 Å². The minimum atomic E-state index is -0.407. The molecule has 1 unspecified atom stereocenters. The van der Waals surface area contributed by atoms with Crippen LogP contribution in [0.25, 0.3) is 0 Å². The summed E-state index contributed by atoms with van der Waals surface area (Å²) in [6, 6.07) is 10.3. The average molecular weight is 386 g/mol. The van der Waals surface area contributed by atoms with Crippen molar-refractivity contribution in [2.75, 3.05) is 31.6 Å². The smallest absolute Gasteiger partial charge is 0.237 e. The molecular formula is C19H32ClN3OS. The van der Waals surface area contributed by atoms with E-state index in [2.05, 4.69) is 41.4 Å². The number of carbonyl (C=O) groups excluding carboxylic acids is 1. The van der Waals surface area contributed by atoms with E-state index in [1.807, 2.05) is 12.3 Å². The lowest BCUT2D eigenvalue weighted by Gasteiger charge is -2.37. The molecule has 1 saturated heterocycles. The minimum absolute atomic E-state index is 0. The molecule has 1 aromatic carbocycles. The fourth-order valence-electron chi connectivity index (χ4n) is 3.18. The van der Waals surface area contributed by atoms with E-state index in [0.717, 1.165) is 31.2 Å². The Morgan fingerprint density at radius 1 is 1.32 bits per heavy atom. The van der Waals surface area contributed by atoms with Gasteiger partial charge in [0.2, 0.25) is 5.91 Å². The quantitative estimate of drug-likeness (QED) is 0.722. The molecule has 0 radical (unpaired) electrons. The van der Waals surface area contributed by atoms with Gasteiger partial charge in [-0.1, -0.05) is 37.3 Å². The first-order valence-electron chi connectivity index (χ1n) is 8.93. The van der Waals surface area contributed by atoms with Gasteiger partial charge in [0, 0.05) is 6.54 Å². The molecule has 1 aliphatic rings. The number of nitrogens with one attached hydrogen (secondary N) is 1. The van der Waals surface area contributed by atoms with Gasteiger partial charge in [-0.15, -0.1) is 12.4 Å². The molecule has 0 aromatic heterocycles. The first-order valence-corrected chi connectivity index (χ1v) is 10.3. The topological polar surface area (TPSA) is 58.4 Å². The van der Waals surface area contributed by atoms with Gasteiger partial charge in [0.25, 0.3) is 0 Å². The first-order chi connectivity index (χ1) is 11.6. The van der Waals surface area contributed by atoms with E-state index >= 15 is 0 Å². The van der Waals surface area contributed by atoms with Crippen LogP contribution in [0.3, 0.4) is 0 Å². The van der Waals surface area contributed by atoms with E-state index in [-0.39, 0.29) is 24.4 Å². The van der Waals surface area contributed by atoms with Crippen molar-refractivity contribution in [3.05, 3.63) is 35.9 Å². The van der Waals surface area contributed by atoms with Gasteiger partial charge in [-0.3, -0.25) is 9.69 Å². The van der Waals surface area contributed by atoms with Crippen LogP contribution in [0.5, 0.6) is 0 Å². The molecule has 0 aliphatic carbocycles. The van der Waals surface area contributed by atoms with E-state index in [4.69, 9.17) is 5.73 Å². The second kappa shape index (κ2) is 11.8. The molecule has 142 valence electrons. The molecule has 1 amide bonds. The Labute approximate surface area is 162 Å². The Morgan fingerprint density at radius 2 is 1.96 bits per heavy atom. The van der Waals surface area contributed by atoms with Gasteiger partial charge in [-0.05, 0) is 55.8 Å². The second-order valence-electron chi connectivity index (χ2n) is 6.78. The summed E-state index contributed by atoms with van der Waals surface area (Å²) in [5, 5.41) is 3.08. The summed E-state index contributed by atoms with van der Waals surface area (Å²) in [5.74, 6) is 1.68. The lowest BCUT2D eigenvalue weighted by Crippen LogP contribution is -2.46. The number of amides is 1. The SMILES string of the molecule is CSCC[C@H](N)C(=O)NCC(c1ccccc1)N1CCC(C)CC1.Cl. The molecule has 6 heteroatoms. The maximum absolute atomic E-state index is 12.3. The fraction of sp³-hybridized carbons (Fsp3) is 0.632. The van der Waals surface area contributed by atoms with Gasteiger partial charge >= 0.3 is 0 Å². The Morgan fingerprint density at radius 3 is 2.56 bits per heavy atom. The third-order valence-electron chi connectivity index (χ3n) is 4.88. The fourth-order valence-corrected chi connectivity index (χ4v) is 3.67. The van der Waals surface area contributed by atoms with Crippen LogP contribution in [0.4, 0.5) is 0 Å². The maximum atomic E-state index is 12.3. The van der Waals surface area contributed by atoms with Gasteiger partial charge in [-0.25, -0.2) is 0 Å². The van der Waals surface area contributed by atoms with E-state index in [1.54, 1.807) is 11.8 Å². The highest BCUT2D eigenvalue weighted by atomic mass is 35.5. The predicted octanol–water partition coefficient (Wildman–Crippen LogP) is 3.08. The van der Waals surface area contributed by atoms with Crippen LogP contribution in [-0.2, 0) is 4.79 Å². The summed E-state index contributed by atoms with van der Waals surface area (Å²) in [7, 11) is 0. The third kappa shape index (κ3) is 7.18. The Kier molecular flexibility index (Phi) is 10.5. The lowest BCUT2D eigenvalue weighted by molar-refractivity contribution is -0.122. The summed E-state index contributed by atoms with van der Waals surface area (Å²) < 4.78 is 0. The van der Waals surface area contributed by atoms with Crippen molar-refractivity contribution in [1.29, 1.82) is 0 Å². The molecule has 4 nitrogen and oxygen atoms in total.